The Morgan fingerprint density at radius 1 is 1.64 bits per heavy atom. The first kappa shape index (κ1) is 7.35. The largest absolute Gasteiger partial charge is 0.505 e. The molecule has 1 heterocycles. The van der Waals surface area contributed by atoms with Crippen LogP contribution in [0.4, 0.5) is 0 Å². The fourth-order valence-electron chi connectivity index (χ4n) is 0.698. The Kier molecular flexibility index (Phi) is 1.93. The average molecular weight is 150 g/mol. The quantitative estimate of drug-likeness (QED) is 0.638. The summed E-state index contributed by atoms with van der Waals surface area (Å²) >= 11 is 0. The van der Waals surface area contributed by atoms with Crippen LogP contribution >= 0.6 is 0 Å². The normalized spacial score (nSPS) is 8.73. The summed E-state index contributed by atoms with van der Waals surface area (Å²) in [6.07, 6.45) is 2.57. The van der Waals surface area contributed by atoms with Gasteiger partial charge in [-0.2, -0.15) is 5.26 Å². The van der Waals surface area contributed by atoms with Gasteiger partial charge in [0, 0.05) is 0 Å². The van der Waals surface area contributed by atoms with Gasteiger partial charge < -0.3 is 9.84 Å². The maximum atomic E-state index is 9.06. The zero-order valence-corrected chi connectivity index (χ0v) is 5.90. The third-order valence-electron chi connectivity index (χ3n) is 1.22. The van der Waals surface area contributed by atoms with E-state index in [9.17, 15) is 0 Å². The van der Waals surface area contributed by atoms with Gasteiger partial charge in [-0.05, 0) is 0 Å². The molecule has 0 radical (unpaired) electrons. The number of hydrogen-bond acceptors (Lipinski definition) is 4. The first-order chi connectivity index (χ1) is 5.29. The van der Waals surface area contributed by atoms with Gasteiger partial charge in [0.1, 0.15) is 11.6 Å². The van der Waals surface area contributed by atoms with E-state index in [0.29, 0.717) is 0 Å². The molecule has 0 unspecified atom stereocenters. The predicted molar refractivity (Wildman–Crippen MR) is 37.2 cm³/mol. The van der Waals surface area contributed by atoms with Gasteiger partial charge in [-0.15, -0.1) is 0 Å². The van der Waals surface area contributed by atoms with Gasteiger partial charge in [0.15, 0.2) is 11.5 Å². The van der Waals surface area contributed by atoms with Crippen molar-refractivity contribution in [2.75, 3.05) is 7.11 Å². The highest BCUT2D eigenvalue weighted by molar-refractivity contribution is 5.49. The highest BCUT2D eigenvalue weighted by Crippen LogP contribution is 2.23. The van der Waals surface area contributed by atoms with Crippen LogP contribution in [-0.4, -0.2) is 17.2 Å². The van der Waals surface area contributed by atoms with Crippen LogP contribution in [0.3, 0.4) is 0 Å². The molecule has 0 aliphatic rings. The lowest BCUT2D eigenvalue weighted by Gasteiger charge is -2.01. The minimum Gasteiger partial charge on any atom is -0.505 e. The standard InChI is InChI=1S/C7H6N2O2/c1-11-7-4-9-3-6(10)5(7)2-8/h3-4,10H,1H3. The summed E-state index contributed by atoms with van der Waals surface area (Å²) < 4.78 is 4.77. The van der Waals surface area contributed by atoms with Crippen molar-refractivity contribution in [3.05, 3.63) is 18.0 Å². The number of aromatic hydroxyl groups is 1. The molecule has 0 aliphatic heterocycles. The van der Waals surface area contributed by atoms with Crippen LogP contribution in [0.1, 0.15) is 5.56 Å². The van der Waals surface area contributed by atoms with Crippen molar-refractivity contribution >= 4 is 0 Å². The fraction of sp³-hybridized carbons (Fsp3) is 0.143. The van der Waals surface area contributed by atoms with Crippen molar-refractivity contribution in [3.63, 3.8) is 0 Å². The third-order valence-corrected chi connectivity index (χ3v) is 1.22. The summed E-state index contributed by atoms with van der Waals surface area (Å²) in [5, 5.41) is 17.6. The van der Waals surface area contributed by atoms with Crippen molar-refractivity contribution in [2.24, 2.45) is 0 Å². The highest BCUT2D eigenvalue weighted by atomic mass is 16.5. The smallest absolute Gasteiger partial charge is 0.158 e. The van der Waals surface area contributed by atoms with Crippen LogP contribution in [0, 0.1) is 11.3 Å². The van der Waals surface area contributed by atoms with Gasteiger partial charge in [0.2, 0.25) is 0 Å². The first-order valence-corrected chi connectivity index (χ1v) is 2.90. The molecule has 0 bridgehead atoms. The first-order valence-electron chi connectivity index (χ1n) is 2.90. The molecule has 0 fully saturated rings. The monoisotopic (exact) mass is 150 g/mol. The SMILES string of the molecule is COc1cncc(O)c1C#N. The van der Waals surface area contributed by atoms with Gasteiger partial charge in [0.25, 0.3) is 0 Å². The van der Waals surface area contributed by atoms with E-state index in [-0.39, 0.29) is 17.1 Å². The minimum atomic E-state index is -0.160. The van der Waals surface area contributed by atoms with Crippen LogP contribution in [0.25, 0.3) is 0 Å². The third kappa shape index (κ3) is 1.22. The van der Waals surface area contributed by atoms with E-state index in [1.165, 1.54) is 19.5 Å². The van der Waals surface area contributed by atoms with Gasteiger partial charge in [-0.1, -0.05) is 0 Å². The second kappa shape index (κ2) is 2.88. The molecule has 1 N–H and O–H groups in total. The lowest BCUT2D eigenvalue weighted by molar-refractivity contribution is 0.402. The highest BCUT2D eigenvalue weighted by Gasteiger charge is 2.06. The maximum Gasteiger partial charge on any atom is 0.158 e. The van der Waals surface area contributed by atoms with Crippen LogP contribution in [0.15, 0.2) is 12.4 Å². The van der Waals surface area contributed by atoms with Gasteiger partial charge in [-0.25, -0.2) is 0 Å². The molecular formula is C7H6N2O2. The zero-order valence-electron chi connectivity index (χ0n) is 5.90. The Bertz CT molecular complexity index is 304. The summed E-state index contributed by atoms with van der Waals surface area (Å²) in [7, 11) is 1.41. The number of nitriles is 1. The van der Waals surface area contributed by atoms with E-state index < -0.39 is 0 Å². The van der Waals surface area contributed by atoms with Gasteiger partial charge in [0.05, 0.1) is 19.5 Å². The molecule has 0 aromatic carbocycles. The maximum absolute atomic E-state index is 9.06. The fourth-order valence-corrected chi connectivity index (χ4v) is 0.698. The summed E-state index contributed by atoms with van der Waals surface area (Å²) in [4.78, 5) is 3.64. The summed E-state index contributed by atoms with van der Waals surface area (Å²) in [6.45, 7) is 0. The number of ether oxygens (including phenoxy) is 1. The van der Waals surface area contributed by atoms with E-state index >= 15 is 0 Å². The molecule has 4 nitrogen and oxygen atoms in total. The van der Waals surface area contributed by atoms with Crippen molar-refractivity contribution in [2.45, 2.75) is 0 Å². The second-order valence-corrected chi connectivity index (χ2v) is 1.85. The number of aromatic nitrogens is 1. The molecule has 0 saturated heterocycles. The molecule has 0 amide bonds. The molecule has 0 spiro atoms. The Hall–Kier alpha value is -1.76. The van der Waals surface area contributed by atoms with E-state index in [1.807, 2.05) is 0 Å². The van der Waals surface area contributed by atoms with Crippen molar-refractivity contribution in [1.82, 2.24) is 4.98 Å². The molecule has 0 aliphatic carbocycles. The predicted octanol–water partition coefficient (Wildman–Crippen LogP) is 0.667. The van der Waals surface area contributed by atoms with Gasteiger partial charge in [-0.3, -0.25) is 4.98 Å². The Morgan fingerprint density at radius 2 is 2.36 bits per heavy atom. The van der Waals surface area contributed by atoms with E-state index in [0.717, 1.165) is 0 Å². The Balaban J connectivity index is 3.27. The molecule has 0 atom stereocenters. The van der Waals surface area contributed by atoms with Crippen LogP contribution in [0.5, 0.6) is 11.5 Å². The molecule has 11 heavy (non-hydrogen) atoms. The summed E-state index contributed by atoms with van der Waals surface area (Å²) in [6, 6.07) is 1.80. The molecular weight excluding hydrogens is 144 g/mol. The topological polar surface area (TPSA) is 66.1 Å². The number of hydrogen-bond donors (Lipinski definition) is 1. The molecule has 1 aromatic rings. The van der Waals surface area contributed by atoms with Crippen LogP contribution < -0.4 is 4.74 Å². The van der Waals surface area contributed by atoms with Crippen LogP contribution in [0.2, 0.25) is 0 Å². The number of rotatable bonds is 1. The van der Waals surface area contributed by atoms with Crippen molar-refractivity contribution < 1.29 is 9.84 Å². The van der Waals surface area contributed by atoms with E-state index in [4.69, 9.17) is 15.1 Å². The number of nitrogens with zero attached hydrogens (tertiary/aromatic N) is 2. The van der Waals surface area contributed by atoms with Crippen LogP contribution in [-0.2, 0) is 0 Å². The average Bonchev–Trinajstić information content (AvgIpc) is 2.04. The van der Waals surface area contributed by atoms with E-state index in [1.54, 1.807) is 6.07 Å². The minimum absolute atomic E-state index is 0.113. The molecule has 0 saturated carbocycles. The van der Waals surface area contributed by atoms with Gasteiger partial charge >= 0.3 is 0 Å². The number of pyridine rings is 1. The van der Waals surface area contributed by atoms with Crippen molar-refractivity contribution in [3.8, 4) is 17.6 Å². The molecule has 4 heteroatoms. The summed E-state index contributed by atoms with van der Waals surface area (Å²) in [5.74, 6) is 0.124. The molecule has 56 valence electrons. The van der Waals surface area contributed by atoms with Crippen molar-refractivity contribution in [1.29, 1.82) is 5.26 Å². The van der Waals surface area contributed by atoms with E-state index in [2.05, 4.69) is 4.98 Å². The second-order valence-electron chi connectivity index (χ2n) is 1.85. The molecule has 1 aromatic heterocycles. The number of methoxy groups -OCH3 is 1. The lowest BCUT2D eigenvalue weighted by Crippen LogP contribution is -1.88. The summed E-state index contributed by atoms with van der Waals surface area (Å²) in [5.41, 5.74) is 0.113. The Morgan fingerprint density at radius 3 is 2.82 bits per heavy atom. The zero-order chi connectivity index (χ0) is 8.27. The molecule has 1 rings (SSSR count). The lowest BCUT2D eigenvalue weighted by atomic mass is 10.2. The Labute approximate surface area is 63.7 Å².